The van der Waals surface area contributed by atoms with E-state index in [0.29, 0.717) is 13.2 Å². The molecule has 7 heteroatoms. The summed E-state index contributed by atoms with van der Waals surface area (Å²) >= 11 is 1.35. The van der Waals surface area contributed by atoms with Gasteiger partial charge in [0.1, 0.15) is 0 Å². The van der Waals surface area contributed by atoms with Gasteiger partial charge in [0, 0.05) is 23.6 Å². The number of nitro benzene ring substituents is 1. The molecule has 1 fully saturated rings. The second-order valence-corrected chi connectivity index (χ2v) is 5.12. The highest BCUT2D eigenvalue weighted by Gasteiger charge is 2.17. The van der Waals surface area contributed by atoms with Gasteiger partial charge in [0.2, 0.25) is 0 Å². The fourth-order valence-corrected chi connectivity index (χ4v) is 2.44. The van der Waals surface area contributed by atoms with Crippen LogP contribution in [0.1, 0.15) is 12.8 Å². The lowest BCUT2D eigenvalue weighted by molar-refractivity contribution is -0.384. The van der Waals surface area contributed by atoms with Gasteiger partial charge in [0.25, 0.3) is 11.6 Å². The number of hydroxylamine groups is 2. The zero-order chi connectivity index (χ0) is 13.7. The Labute approximate surface area is 114 Å². The third-order valence-electron chi connectivity index (χ3n) is 2.69. The summed E-state index contributed by atoms with van der Waals surface area (Å²) in [5.41, 5.74) is 0.0510. The molecule has 0 atom stereocenters. The van der Waals surface area contributed by atoms with Crippen LogP contribution in [0.5, 0.6) is 0 Å². The van der Waals surface area contributed by atoms with Gasteiger partial charge in [-0.1, -0.05) is 0 Å². The summed E-state index contributed by atoms with van der Waals surface area (Å²) in [4.78, 5) is 28.0. The molecule has 1 aliphatic rings. The first kappa shape index (κ1) is 13.8. The van der Waals surface area contributed by atoms with Crippen LogP contribution in [-0.2, 0) is 9.63 Å². The molecule has 1 aliphatic heterocycles. The Morgan fingerprint density at radius 3 is 2.68 bits per heavy atom. The number of hydrogen-bond donors (Lipinski definition) is 0. The number of nitrogens with zero attached hydrogens (tertiary/aromatic N) is 2. The van der Waals surface area contributed by atoms with Crippen LogP contribution in [-0.4, -0.2) is 34.8 Å². The van der Waals surface area contributed by atoms with E-state index in [4.69, 9.17) is 4.84 Å². The zero-order valence-electron chi connectivity index (χ0n) is 10.3. The highest BCUT2D eigenvalue weighted by molar-refractivity contribution is 8.00. The predicted octanol–water partition coefficient (Wildman–Crippen LogP) is 2.24. The number of carbonyl (C=O) groups is 1. The van der Waals surface area contributed by atoms with Crippen LogP contribution < -0.4 is 0 Å². The maximum Gasteiger partial charge on any atom is 0.269 e. The number of thioether (sulfide) groups is 1. The van der Waals surface area contributed by atoms with E-state index in [1.165, 1.54) is 29.0 Å². The van der Waals surface area contributed by atoms with Gasteiger partial charge in [-0.15, -0.1) is 11.8 Å². The normalized spacial score (nSPS) is 15.3. The van der Waals surface area contributed by atoms with Crippen LogP contribution in [0.15, 0.2) is 29.2 Å². The Morgan fingerprint density at radius 2 is 2.11 bits per heavy atom. The van der Waals surface area contributed by atoms with Crippen molar-refractivity contribution in [2.75, 3.05) is 18.9 Å². The maximum atomic E-state index is 11.8. The van der Waals surface area contributed by atoms with E-state index >= 15 is 0 Å². The van der Waals surface area contributed by atoms with Crippen molar-refractivity contribution in [3.63, 3.8) is 0 Å². The van der Waals surface area contributed by atoms with E-state index in [-0.39, 0.29) is 17.3 Å². The number of amides is 1. The Kier molecular flexibility index (Phi) is 4.75. The minimum Gasteiger partial charge on any atom is -0.272 e. The molecular weight excluding hydrogens is 268 g/mol. The third kappa shape index (κ3) is 3.93. The molecule has 0 bridgehead atoms. The molecular formula is C12H14N2O4S. The average Bonchev–Trinajstić information content (AvgIpc) is 2.46. The van der Waals surface area contributed by atoms with Gasteiger partial charge in [-0.05, 0) is 25.0 Å². The first-order valence-corrected chi connectivity index (χ1v) is 6.96. The second kappa shape index (κ2) is 6.53. The van der Waals surface area contributed by atoms with Crippen molar-refractivity contribution in [2.45, 2.75) is 17.7 Å². The van der Waals surface area contributed by atoms with Gasteiger partial charge < -0.3 is 0 Å². The third-order valence-corrected chi connectivity index (χ3v) is 3.69. The lowest BCUT2D eigenvalue weighted by Gasteiger charge is -2.25. The van der Waals surface area contributed by atoms with Gasteiger partial charge in [-0.3, -0.25) is 19.7 Å². The molecule has 0 saturated carbocycles. The van der Waals surface area contributed by atoms with Crippen LogP contribution in [0.4, 0.5) is 5.69 Å². The van der Waals surface area contributed by atoms with Crippen LogP contribution in [0.2, 0.25) is 0 Å². The lowest BCUT2D eigenvalue weighted by Crippen LogP contribution is -2.36. The van der Waals surface area contributed by atoms with Gasteiger partial charge >= 0.3 is 0 Å². The summed E-state index contributed by atoms with van der Waals surface area (Å²) < 4.78 is 0. The topological polar surface area (TPSA) is 72.7 Å². The molecule has 6 nitrogen and oxygen atoms in total. The van der Waals surface area contributed by atoms with Crippen LogP contribution in [0.3, 0.4) is 0 Å². The van der Waals surface area contributed by atoms with E-state index in [2.05, 4.69) is 0 Å². The van der Waals surface area contributed by atoms with Crippen LogP contribution in [0, 0.1) is 10.1 Å². The molecule has 102 valence electrons. The summed E-state index contributed by atoms with van der Waals surface area (Å²) in [5.74, 6) is 0.209. The van der Waals surface area contributed by atoms with Crippen molar-refractivity contribution in [3.05, 3.63) is 34.4 Å². The summed E-state index contributed by atoms with van der Waals surface area (Å²) in [6, 6.07) is 6.16. The monoisotopic (exact) mass is 282 g/mol. The summed E-state index contributed by atoms with van der Waals surface area (Å²) in [5, 5.41) is 11.9. The van der Waals surface area contributed by atoms with E-state index in [1.807, 2.05) is 0 Å². The van der Waals surface area contributed by atoms with Gasteiger partial charge in [-0.25, -0.2) is 5.06 Å². The SMILES string of the molecule is O=C(CSc1ccc([N+](=O)[O-])cc1)N1CCCCO1. The molecule has 19 heavy (non-hydrogen) atoms. The molecule has 1 aromatic rings. The number of rotatable bonds is 4. The first-order valence-electron chi connectivity index (χ1n) is 5.97. The quantitative estimate of drug-likeness (QED) is 0.481. The highest BCUT2D eigenvalue weighted by atomic mass is 32.2. The molecule has 0 radical (unpaired) electrons. The molecule has 0 N–H and O–H groups in total. The first-order chi connectivity index (χ1) is 9.16. The fourth-order valence-electron chi connectivity index (χ4n) is 1.67. The molecule has 0 aromatic heterocycles. The lowest BCUT2D eigenvalue weighted by atomic mass is 10.3. The molecule has 1 amide bonds. The Bertz CT molecular complexity index is 457. The summed E-state index contributed by atoms with van der Waals surface area (Å²) in [7, 11) is 0. The minimum absolute atomic E-state index is 0.0510. The van der Waals surface area contributed by atoms with E-state index in [0.717, 1.165) is 17.7 Å². The standard InChI is InChI=1S/C12H14N2O4S/c15-12(13-7-1-2-8-18-13)9-19-11-5-3-10(4-6-11)14(16)17/h3-6H,1-2,7-9H2. The maximum absolute atomic E-state index is 11.8. The predicted molar refractivity (Wildman–Crippen MR) is 70.7 cm³/mol. The van der Waals surface area contributed by atoms with Crippen molar-refractivity contribution in [2.24, 2.45) is 0 Å². The van der Waals surface area contributed by atoms with E-state index in [1.54, 1.807) is 12.1 Å². The van der Waals surface area contributed by atoms with Crippen molar-refractivity contribution in [1.82, 2.24) is 5.06 Å². The van der Waals surface area contributed by atoms with Crippen LogP contribution in [0.25, 0.3) is 0 Å². The minimum atomic E-state index is -0.443. The molecule has 0 aliphatic carbocycles. The van der Waals surface area contributed by atoms with Crippen molar-refractivity contribution >= 4 is 23.4 Å². The number of non-ortho nitro benzene ring substituents is 1. The number of benzene rings is 1. The zero-order valence-corrected chi connectivity index (χ0v) is 11.1. The second-order valence-electron chi connectivity index (χ2n) is 4.08. The highest BCUT2D eigenvalue weighted by Crippen LogP contribution is 2.22. The van der Waals surface area contributed by atoms with Gasteiger partial charge in [0.15, 0.2) is 0 Å². The molecule has 2 rings (SSSR count). The Hall–Kier alpha value is -1.60. The smallest absolute Gasteiger partial charge is 0.269 e. The van der Waals surface area contributed by atoms with Crippen molar-refractivity contribution in [3.8, 4) is 0 Å². The van der Waals surface area contributed by atoms with Gasteiger partial charge in [0.05, 0.1) is 17.3 Å². The van der Waals surface area contributed by atoms with Gasteiger partial charge in [-0.2, -0.15) is 0 Å². The Morgan fingerprint density at radius 1 is 1.37 bits per heavy atom. The van der Waals surface area contributed by atoms with Crippen molar-refractivity contribution < 1.29 is 14.6 Å². The van der Waals surface area contributed by atoms with E-state index in [9.17, 15) is 14.9 Å². The number of hydrogen-bond acceptors (Lipinski definition) is 5. The summed E-state index contributed by atoms with van der Waals surface area (Å²) in [6.45, 7) is 1.23. The molecule has 1 aromatic carbocycles. The number of carbonyl (C=O) groups excluding carboxylic acids is 1. The Balaban J connectivity index is 1.84. The van der Waals surface area contributed by atoms with Crippen molar-refractivity contribution in [1.29, 1.82) is 0 Å². The molecule has 0 unspecified atom stereocenters. The van der Waals surface area contributed by atoms with E-state index < -0.39 is 4.92 Å². The van der Waals surface area contributed by atoms with Crippen LogP contribution >= 0.6 is 11.8 Å². The molecule has 0 spiro atoms. The summed E-state index contributed by atoms with van der Waals surface area (Å²) in [6.07, 6.45) is 1.95. The molecule has 1 heterocycles. The molecule has 1 saturated heterocycles. The number of nitro groups is 1. The average molecular weight is 282 g/mol. The fraction of sp³-hybridized carbons (Fsp3) is 0.417. The largest absolute Gasteiger partial charge is 0.272 e.